The van der Waals surface area contributed by atoms with Crippen LogP contribution < -0.4 is 0 Å². The lowest BCUT2D eigenvalue weighted by Crippen LogP contribution is -2.32. The number of nitrogens with zero attached hydrogens (tertiary/aromatic N) is 2. The molecule has 162 valence electrons. The molecule has 0 saturated carbocycles. The summed E-state index contributed by atoms with van der Waals surface area (Å²) < 4.78 is 31.4. The summed E-state index contributed by atoms with van der Waals surface area (Å²) in [7, 11) is -3.55. The van der Waals surface area contributed by atoms with Gasteiger partial charge in [-0.25, -0.2) is 18.1 Å². The van der Waals surface area contributed by atoms with Crippen molar-refractivity contribution in [2.75, 3.05) is 19.8 Å². The van der Waals surface area contributed by atoms with Crippen LogP contribution in [0.25, 0.3) is 6.08 Å². The number of imide groups is 1. The van der Waals surface area contributed by atoms with Crippen LogP contribution in [-0.2, 0) is 19.6 Å². The predicted octanol–water partition coefficient (Wildman–Crippen LogP) is 2.53. The fourth-order valence-electron chi connectivity index (χ4n) is 3.16. The van der Waals surface area contributed by atoms with E-state index < -0.39 is 34.5 Å². The highest BCUT2D eigenvalue weighted by atomic mass is 32.2. The third kappa shape index (κ3) is 4.57. The van der Waals surface area contributed by atoms with Crippen LogP contribution in [0.15, 0.2) is 59.5 Å². The molecule has 9 heteroatoms. The Morgan fingerprint density at radius 1 is 0.968 bits per heavy atom. The molecule has 0 N–H and O–H groups in total. The SMILES string of the molecule is CCN(CC)S(=O)(=O)c1ccc(/C=C/C(=O)OCN2C(=O)c3ccccc3C2=O)cc1. The quantitative estimate of drug-likeness (QED) is 0.354. The molecule has 2 amide bonds. The van der Waals surface area contributed by atoms with E-state index in [2.05, 4.69) is 0 Å². The summed E-state index contributed by atoms with van der Waals surface area (Å²) >= 11 is 0. The first-order valence-corrected chi connectivity index (χ1v) is 11.1. The summed E-state index contributed by atoms with van der Waals surface area (Å²) in [6.07, 6.45) is 2.60. The highest BCUT2D eigenvalue weighted by Gasteiger charge is 2.35. The molecule has 1 heterocycles. The molecule has 0 aliphatic carbocycles. The Morgan fingerprint density at radius 2 is 1.52 bits per heavy atom. The lowest BCUT2D eigenvalue weighted by molar-refractivity contribution is -0.140. The Balaban J connectivity index is 1.60. The molecule has 1 aliphatic heterocycles. The first kappa shape index (κ1) is 22.4. The van der Waals surface area contributed by atoms with E-state index in [1.54, 1.807) is 50.2 Å². The fourth-order valence-corrected chi connectivity index (χ4v) is 4.62. The van der Waals surface area contributed by atoms with Gasteiger partial charge in [0.2, 0.25) is 10.0 Å². The van der Waals surface area contributed by atoms with Crippen LogP contribution in [0.2, 0.25) is 0 Å². The standard InChI is InChI=1S/C22H22N2O6S/c1-3-23(4-2)31(28,29)17-12-9-16(10-13-17)11-14-20(25)30-15-24-21(26)18-7-5-6-8-19(18)22(24)27/h5-14H,3-4,15H2,1-2H3/b14-11+. The van der Waals surface area contributed by atoms with Crippen molar-refractivity contribution in [1.29, 1.82) is 0 Å². The first-order chi connectivity index (χ1) is 14.8. The summed E-state index contributed by atoms with van der Waals surface area (Å²) in [5, 5.41) is 0. The zero-order chi connectivity index (χ0) is 22.6. The van der Waals surface area contributed by atoms with E-state index in [4.69, 9.17) is 4.74 Å². The molecule has 0 unspecified atom stereocenters. The van der Waals surface area contributed by atoms with E-state index in [1.807, 2.05) is 0 Å². The number of sulfonamides is 1. The van der Waals surface area contributed by atoms with Gasteiger partial charge >= 0.3 is 5.97 Å². The second-order valence-corrected chi connectivity index (χ2v) is 8.61. The van der Waals surface area contributed by atoms with Crippen LogP contribution in [-0.4, -0.2) is 55.2 Å². The normalized spacial score (nSPS) is 13.8. The summed E-state index contributed by atoms with van der Waals surface area (Å²) in [5.41, 5.74) is 1.15. The molecular formula is C22H22N2O6S. The Hall–Kier alpha value is -3.30. The molecular weight excluding hydrogens is 420 g/mol. The van der Waals surface area contributed by atoms with Gasteiger partial charge in [-0.15, -0.1) is 0 Å². The maximum atomic E-state index is 12.5. The second kappa shape index (κ2) is 9.23. The van der Waals surface area contributed by atoms with Crippen molar-refractivity contribution < 1.29 is 27.5 Å². The molecule has 0 saturated heterocycles. The lowest BCUT2D eigenvalue weighted by Gasteiger charge is -2.18. The fraction of sp³-hybridized carbons (Fsp3) is 0.227. The molecule has 31 heavy (non-hydrogen) atoms. The van der Waals surface area contributed by atoms with Gasteiger partial charge in [-0.2, -0.15) is 4.31 Å². The maximum Gasteiger partial charge on any atom is 0.332 e. The van der Waals surface area contributed by atoms with Crippen LogP contribution in [0.5, 0.6) is 0 Å². The number of amides is 2. The van der Waals surface area contributed by atoms with Crippen LogP contribution in [0.4, 0.5) is 0 Å². The average molecular weight is 442 g/mol. The monoisotopic (exact) mass is 442 g/mol. The van der Waals surface area contributed by atoms with Crippen LogP contribution >= 0.6 is 0 Å². The van der Waals surface area contributed by atoms with Gasteiger partial charge in [-0.3, -0.25) is 9.59 Å². The van der Waals surface area contributed by atoms with Gasteiger partial charge in [-0.1, -0.05) is 38.1 Å². The van der Waals surface area contributed by atoms with E-state index in [9.17, 15) is 22.8 Å². The Kier molecular flexibility index (Phi) is 6.67. The van der Waals surface area contributed by atoms with Gasteiger partial charge in [0.05, 0.1) is 16.0 Å². The van der Waals surface area contributed by atoms with Crippen molar-refractivity contribution in [2.45, 2.75) is 18.7 Å². The number of ether oxygens (including phenoxy) is 1. The van der Waals surface area contributed by atoms with Crippen LogP contribution in [0, 0.1) is 0 Å². The summed E-state index contributed by atoms with van der Waals surface area (Å²) in [6, 6.07) is 12.5. The molecule has 0 aromatic heterocycles. The van der Waals surface area contributed by atoms with Crippen molar-refractivity contribution in [1.82, 2.24) is 9.21 Å². The van der Waals surface area contributed by atoms with Gasteiger partial charge < -0.3 is 4.74 Å². The molecule has 0 fully saturated rings. The number of hydrogen-bond donors (Lipinski definition) is 0. The number of rotatable bonds is 8. The molecule has 3 rings (SSSR count). The third-order valence-corrected chi connectivity index (χ3v) is 6.91. The molecule has 2 aromatic carbocycles. The number of benzene rings is 2. The zero-order valence-electron chi connectivity index (χ0n) is 17.1. The van der Waals surface area contributed by atoms with E-state index in [-0.39, 0.29) is 16.0 Å². The smallest absolute Gasteiger partial charge is 0.332 e. The number of hydrogen-bond acceptors (Lipinski definition) is 6. The molecule has 2 aromatic rings. The van der Waals surface area contributed by atoms with Gasteiger partial charge in [0, 0.05) is 19.2 Å². The minimum absolute atomic E-state index is 0.168. The topological polar surface area (TPSA) is 101 Å². The third-order valence-electron chi connectivity index (χ3n) is 4.85. The van der Waals surface area contributed by atoms with Crippen LogP contribution in [0.3, 0.4) is 0 Å². The van der Waals surface area contributed by atoms with E-state index >= 15 is 0 Å². The van der Waals surface area contributed by atoms with Crippen molar-refractivity contribution >= 4 is 33.9 Å². The van der Waals surface area contributed by atoms with Gasteiger partial charge in [-0.05, 0) is 35.9 Å². The molecule has 1 aliphatic rings. The summed E-state index contributed by atoms with van der Waals surface area (Å²) in [4.78, 5) is 37.5. The van der Waals surface area contributed by atoms with E-state index in [0.29, 0.717) is 18.7 Å². The van der Waals surface area contributed by atoms with Crippen molar-refractivity contribution in [3.8, 4) is 0 Å². The van der Waals surface area contributed by atoms with Gasteiger partial charge in [0.1, 0.15) is 0 Å². The molecule has 0 radical (unpaired) electrons. The molecule has 8 nitrogen and oxygen atoms in total. The molecule has 0 atom stereocenters. The zero-order valence-corrected chi connectivity index (χ0v) is 18.0. The predicted molar refractivity (Wildman–Crippen MR) is 113 cm³/mol. The average Bonchev–Trinajstić information content (AvgIpc) is 3.02. The van der Waals surface area contributed by atoms with Crippen molar-refractivity contribution in [2.24, 2.45) is 0 Å². The minimum atomic E-state index is -3.55. The number of carbonyl (C=O) groups excluding carboxylic acids is 3. The summed E-state index contributed by atoms with van der Waals surface area (Å²) in [6.45, 7) is 3.80. The lowest BCUT2D eigenvalue weighted by atomic mass is 10.1. The largest absolute Gasteiger partial charge is 0.441 e. The van der Waals surface area contributed by atoms with Crippen molar-refractivity contribution in [3.63, 3.8) is 0 Å². The highest BCUT2D eigenvalue weighted by molar-refractivity contribution is 7.89. The molecule has 0 spiro atoms. The minimum Gasteiger partial charge on any atom is -0.441 e. The number of carbonyl (C=O) groups is 3. The number of fused-ring (bicyclic) bond motifs is 1. The van der Waals surface area contributed by atoms with E-state index in [0.717, 1.165) is 11.0 Å². The Morgan fingerprint density at radius 3 is 2.03 bits per heavy atom. The van der Waals surface area contributed by atoms with Gasteiger partial charge in [0.25, 0.3) is 11.8 Å². The number of esters is 1. The van der Waals surface area contributed by atoms with E-state index in [1.165, 1.54) is 22.5 Å². The summed E-state index contributed by atoms with van der Waals surface area (Å²) in [5.74, 6) is -1.76. The first-order valence-electron chi connectivity index (χ1n) is 9.69. The maximum absolute atomic E-state index is 12.5. The van der Waals surface area contributed by atoms with Crippen molar-refractivity contribution in [3.05, 3.63) is 71.3 Å². The van der Waals surface area contributed by atoms with Crippen LogP contribution in [0.1, 0.15) is 40.1 Å². The molecule has 0 bridgehead atoms. The highest BCUT2D eigenvalue weighted by Crippen LogP contribution is 2.22. The Bertz CT molecular complexity index is 1100. The Labute approximate surface area is 180 Å². The van der Waals surface area contributed by atoms with Gasteiger partial charge in [0.15, 0.2) is 6.73 Å². The second-order valence-electron chi connectivity index (χ2n) is 6.67.